The van der Waals surface area contributed by atoms with E-state index in [9.17, 15) is 30.0 Å². The van der Waals surface area contributed by atoms with Crippen LogP contribution in [0.2, 0.25) is 0 Å². The summed E-state index contributed by atoms with van der Waals surface area (Å²) in [5.41, 5.74) is 6.97. The molecule has 2 saturated heterocycles. The molecule has 41 heavy (non-hydrogen) atoms. The van der Waals surface area contributed by atoms with E-state index in [4.69, 9.17) is 20.6 Å². The number of hydrogen-bond acceptors (Lipinski definition) is 10. The third-order valence-electron chi connectivity index (χ3n) is 7.14. The van der Waals surface area contributed by atoms with Gasteiger partial charge in [0.15, 0.2) is 0 Å². The van der Waals surface area contributed by atoms with Crippen molar-refractivity contribution in [2.24, 2.45) is 5.73 Å². The molecule has 2 fully saturated rings. The standard InChI is InChI=1S/C28H37N5O8/c29-26(30)16-6-3-7-17(14-16)32-22(27(39)31-11-5-13-33-12-4-10-21(33)35)18-8-1-2-9-19(18)40-28-25(38)24(37)23(36)20(15-34)41-28/h1-3,6-9,14,20,22-25,28,32,34,36-38H,4-5,10-13,15H2,(H3,29,30)(H,31,39). The van der Waals surface area contributed by atoms with Gasteiger partial charge in [-0.3, -0.25) is 15.0 Å². The molecule has 6 unspecified atom stereocenters. The molecule has 222 valence electrons. The van der Waals surface area contributed by atoms with Crippen molar-refractivity contribution in [3.63, 3.8) is 0 Å². The van der Waals surface area contributed by atoms with Crippen LogP contribution in [-0.2, 0) is 14.3 Å². The molecule has 0 spiro atoms. The van der Waals surface area contributed by atoms with Crippen LogP contribution in [0, 0.1) is 5.41 Å². The van der Waals surface area contributed by atoms with Crippen LogP contribution in [0.1, 0.15) is 36.4 Å². The van der Waals surface area contributed by atoms with Crippen molar-refractivity contribution in [2.75, 3.05) is 31.6 Å². The van der Waals surface area contributed by atoms with Crippen LogP contribution < -0.4 is 21.1 Å². The minimum Gasteiger partial charge on any atom is -0.462 e. The maximum atomic E-state index is 13.6. The number of rotatable bonds is 12. The Morgan fingerprint density at radius 3 is 2.63 bits per heavy atom. The van der Waals surface area contributed by atoms with E-state index in [1.165, 1.54) is 0 Å². The van der Waals surface area contributed by atoms with Crippen molar-refractivity contribution in [3.05, 3.63) is 59.7 Å². The van der Waals surface area contributed by atoms with Gasteiger partial charge in [-0.1, -0.05) is 30.3 Å². The number of ether oxygens (including phenoxy) is 2. The van der Waals surface area contributed by atoms with Gasteiger partial charge in [0.05, 0.1) is 6.61 Å². The van der Waals surface area contributed by atoms with Crippen molar-refractivity contribution in [3.8, 4) is 5.75 Å². The van der Waals surface area contributed by atoms with Gasteiger partial charge < -0.3 is 51.2 Å². The van der Waals surface area contributed by atoms with Crippen molar-refractivity contribution < 1.29 is 39.5 Å². The Hall–Kier alpha value is -3.75. The SMILES string of the molecule is N=C(N)c1cccc(NC(C(=O)NCCCN2CCCC2=O)c2ccccc2OC2OC(CO)C(O)C(O)C2O)c1. The molecule has 0 saturated carbocycles. The minimum atomic E-state index is -1.64. The van der Waals surface area contributed by atoms with Crippen molar-refractivity contribution in [1.82, 2.24) is 10.2 Å². The predicted molar refractivity (Wildman–Crippen MR) is 148 cm³/mol. The molecule has 4 rings (SSSR count). The Morgan fingerprint density at radius 1 is 1.15 bits per heavy atom. The summed E-state index contributed by atoms with van der Waals surface area (Å²) in [5.74, 6) is -0.288. The lowest BCUT2D eigenvalue weighted by Crippen LogP contribution is -2.60. The van der Waals surface area contributed by atoms with Gasteiger partial charge in [0.25, 0.3) is 0 Å². The number of hydrogen-bond donors (Lipinski definition) is 8. The molecular weight excluding hydrogens is 534 g/mol. The highest BCUT2D eigenvalue weighted by atomic mass is 16.7. The number of aliphatic hydroxyl groups is 4. The zero-order chi connectivity index (χ0) is 29.5. The lowest BCUT2D eigenvalue weighted by Gasteiger charge is -2.39. The lowest BCUT2D eigenvalue weighted by atomic mass is 9.99. The number of carbonyl (C=O) groups is 2. The van der Waals surface area contributed by atoms with E-state index in [-0.39, 0.29) is 17.5 Å². The van der Waals surface area contributed by atoms with Crippen LogP contribution in [0.3, 0.4) is 0 Å². The zero-order valence-electron chi connectivity index (χ0n) is 22.5. The number of carbonyl (C=O) groups excluding carboxylic acids is 2. The molecule has 0 aromatic heterocycles. The Balaban J connectivity index is 1.56. The quantitative estimate of drug-likeness (QED) is 0.0923. The van der Waals surface area contributed by atoms with Gasteiger partial charge in [0.2, 0.25) is 18.1 Å². The van der Waals surface area contributed by atoms with Crippen LogP contribution >= 0.6 is 0 Å². The average Bonchev–Trinajstić information content (AvgIpc) is 3.39. The Morgan fingerprint density at radius 2 is 1.93 bits per heavy atom. The molecule has 13 nitrogen and oxygen atoms in total. The van der Waals surface area contributed by atoms with Crippen LogP contribution in [0.4, 0.5) is 5.69 Å². The Labute approximate surface area is 237 Å². The number of nitrogens with one attached hydrogen (secondary N) is 3. The fourth-order valence-corrected chi connectivity index (χ4v) is 4.87. The first-order chi connectivity index (χ1) is 19.7. The highest BCUT2D eigenvalue weighted by molar-refractivity contribution is 5.96. The van der Waals surface area contributed by atoms with Crippen LogP contribution in [0.5, 0.6) is 5.75 Å². The topological polar surface area (TPSA) is 211 Å². The summed E-state index contributed by atoms with van der Waals surface area (Å²) in [7, 11) is 0. The second-order valence-electron chi connectivity index (χ2n) is 10.1. The van der Waals surface area contributed by atoms with Gasteiger partial charge in [-0.25, -0.2) is 0 Å². The van der Waals surface area contributed by atoms with E-state index in [1.807, 2.05) is 0 Å². The third kappa shape index (κ3) is 7.31. The third-order valence-corrected chi connectivity index (χ3v) is 7.14. The van der Waals surface area contributed by atoms with Gasteiger partial charge in [0.1, 0.15) is 42.0 Å². The fourth-order valence-electron chi connectivity index (χ4n) is 4.87. The molecule has 2 amide bonds. The van der Waals surface area contributed by atoms with Gasteiger partial charge >= 0.3 is 0 Å². The number of para-hydroxylation sites is 1. The average molecular weight is 572 g/mol. The molecule has 13 heteroatoms. The molecule has 0 bridgehead atoms. The molecule has 9 N–H and O–H groups in total. The van der Waals surface area contributed by atoms with E-state index in [1.54, 1.807) is 53.4 Å². The molecule has 0 aliphatic carbocycles. The predicted octanol–water partition coefficient (Wildman–Crippen LogP) is -0.569. The van der Waals surface area contributed by atoms with E-state index in [0.717, 1.165) is 6.42 Å². The zero-order valence-corrected chi connectivity index (χ0v) is 22.5. The Bertz CT molecular complexity index is 1230. The number of amides is 2. The first-order valence-electron chi connectivity index (χ1n) is 13.5. The molecular formula is C28H37N5O8. The van der Waals surface area contributed by atoms with Crippen molar-refractivity contribution in [1.29, 1.82) is 5.41 Å². The molecule has 2 aliphatic heterocycles. The first-order valence-corrected chi connectivity index (χ1v) is 13.5. The summed E-state index contributed by atoms with van der Waals surface area (Å²) in [4.78, 5) is 27.2. The highest BCUT2D eigenvalue weighted by Crippen LogP contribution is 2.32. The largest absolute Gasteiger partial charge is 0.462 e. The second-order valence-corrected chi connectivity index (χ2v) is 10.1. The summed E-state index contributed by atoms with van der Waals surface area (Å²) < 4.78 is 11.4. The van der Waals surface area contributed by atoms with E-state index >= 15 is 0 Å². The second kappa shape index (κ2) is 13.7. The van der Waals surface area contributed by atoms with E-state index in [2.05, 4.69) is 10.6 Å². The summed E-state index contributed by atoms with van der Waals surface area (Å²) >= 11 is 0. The smallest absolute Gasteiger partial charge is 0.247 e. The molecule has 0 radical (unpaired) electrons. The number of aliphatic hydroxyl groups excluding tert-OH is 4. The summed E-state index contributed by atoms with van der Waals surface area (Å²) in [6.07, 6.45) is -5.49. The van der Waals surface area contributed by atoms with Crippen molar-refractivity contribution >= 4 is 23.3 Å². The highest BCUT2D eigenvalue weighted by Gasteiger charge is 2.45. The fraction of sp³-hybridized carbons (Fsp3) is 0.464. The molecule has 2 aromatic carbocycles. The number of benzene rings is 2. The number of anilines is 1. The number of nitrogen functional groups attached to an aromatic ring is 1. The first kappa shape index (κ1) is 30.2. The maximum absolute atomic E-state index is 13.6. The van der Waals surface area contributed by atoms with Gasteiger partial charge in [-0.2, -0.15) is 0 Å². The van der Waals surface area contributed by atoms with E-state index in [0.29, 0.717) is 49.3 Å². The normalized spacial score (nSPS) is 25.0. The van der Waals surface area contributed by atoms with Crippen LogP contribution in [-0.4, -0.2) is 99.9 Å². The molecule has 2 aromatic rings. The minimum absolute atomic E-state index is 0.112. The summed E-state index contributed by atoms with van der Waals surface area (Å²) in [5, 5.41) is 54.1. The number of amidine groups is 1. The van der Waals surface area contributed by atoms with Gasteiger partial charge in [0, 0.05) is 42.9 Å². The number of likely N-dealkylation sites (tertiary alicyclic amines) is 1. The van der Waals surface area contributed by atoms with Crippen LogP contribution in [0.15, 0.2) is 48.5 Å². The monoisotopic (exact) mass is 571 g/mol. The summed E-state index contributed by atoms with van der Waals surface area (Å²) in [6, 6.07) is 12.2. The number of nitrogens with two attached hydrogens (primary N) is 1. The van der Waals surface area contributed by atoms with Gasteiger partial charge in [-0.15, -0.1) is 0 Å². The van der Waals surface area contributed by atoms with Crippen molar-refractivity contribution in [2.45, 2.75) is 56.0 Å². The van der Waals surface area contributed by atoms with E-state index < -0.39 is 49.3 Å². The molecule has 6 atom stereocenters. The van der Waals surface area contributed by atoms with Crippen LogP contribution in [0.25, 0.3) is 0 Å². The van der Waals surface area contributed by atoms with Gasteiger partial charge in [-0.05, 0) is 31.0 Å². The summed E-state index contributed by atoms with van der Waals surface area (Å²) in [6.45, 7) is 0.944. The number of nitrogens with zero attached hydrogens (tertiary/aromatic N) is 1. The molecule has 2 aliphatic rings. The molecule has 2 heterocycles. The Kier molecular flexibility index (Phi) is 10.1. The maximum Gasteiger partial charge on any atom is 0.247 e. The lowest BCUT2D eigenvalue weighted by molar-refractivity contribution is -0.277.